The number of rotatable bonds is 12. The fourth-order valence-electron chi connectivity index (χ4n) is 11.9. The van der Waals surface area contributed by atoms with E-state index in [1.165, 1.54) is 26.7 Å². The molecular formula is C40H71N2O8+. The maximum absolute atomic E-state index is 12.7. The topological polar surface area (TPSA) is 154 Å². The average Bonchev–Trinajstić information content (AvgIpc) is 3.23. The lowest BCUT2D eigenvalue weighted by molar-refractivity contribution is -0.699. The largest absolute Gasteiger partial charge is 0.462 e. The number of fused-ring (bicyclic) bond motifs is 1. The second kappa shape index (κ2) is 18.2. The minimum atomic E-state index is -0.497. The van der Waals surface area contributed by atoms with E-state index in [9.17, 15) is 19.8 Å². The van der Waals surface area contributed by atoms with Gasteiger partial charge in [0, 0.05) is 40.9 Å². The molecule has 10 heteroatoms. The lowest BCUT2D eigenvalue weighted by atomic mass is 9.56. The van der Waals surface area contributed by atoms with Crippen molar-refractivity contribution in [1.29, 1.82) is 0 Å². The molecule has 4 aliphatic carbocycles. The highest BCUT2D eigenvalue weighted by Gasteiger charge is 2.49. The zero-order valence-electron chi connectivity index (χ0n) is 31.9. The summed E-state index contributed by atoms with van der Waals surface area (Å²) in [5.74, 6) is 3.31. The summed E-state index contributed by atoms with van der Waals surface area (Å²) in [7, 11) is 3.48. The van der Waals surface area contributed by atoms with Crippen LogP contribution in [-0.2, 0) is 28.5 Å². The number of methoxy groups -OCH3 is 2. The van der Waals surface area contributed by atoms with Crippen molar-refractivity contribution >= 4 is 11.9 Å². The molecule has 5 rings (SSSR count). The summed E-state index contributed by atoms with van der Waals surface area (Å²) < 4.78 is 23.9. The molecule has 0 aromatic heterocycles. The molecule has 0 spiro atoms. The van der Waals surface area contributed by atoms with Crippen molar-refractivity contribution in [2.45, 2.75) is 160 Å². The quantitative estimate of drug-likeness (QED) is 0.219. The Morgan fingerprint density at radius 3 is 2.18 bits per heavy atom. The molecule has 288 valence electrons. The Balaban J connectivity index is 1.36. The zero-order valence-corrected chi connectivity index (χ0v) is 31.9. The highest BCUT2D eigenvalue weighted by molar-refractivity contribution is 5.66. The van der Waals surface area contributed by atoms with E-state index in [1.54, 1.807) is 14.2 Å². The standard InChI is InChI=1S/C40H70N2O8/c1-22(2)32-14-25-7-9-30(47-5)19-35-34(25)15-28(32)13-29(16-36(35)45)38(50-24(4)44)20-31(49-23(3)43)10-8-26-17-39(48-6)37(46)21-33(26)27-11-12-42-40(41)18-27/h22,25-40,42,45-46H,7-21,41H2,1-6H3/p+1/t25?,26?,27?,28-,29+,30+,31-,32+,33?,34+,35-,36+,37?,38-,39?,40?/m1/s1. The summed E-state index contributed by atoms with van der Waals surface area (Å²) >= 11 is 0. The number of aliphatic hydroxyl groups is 2. The Hall–Kier alpha value is -1.30. The first kappa shape index (κ1) is 39.9. The molecule has 1 saturated heterocycles. The molecule has 10 nitrogen and oxygen atoms in total. The number of piperidine rings is 1. The zero-order chi connectivity index (χ0) is 36.1. The van der Waals surface area contributed by atoms with E-state index in [-0.39, 0.29) is 42.1 Å². The van der Waals surface area contributed by atoms with E-state index in [0.717, 1.165) is 57.9 Å². The number of aliphatic hydroxyl groups excluding tert-OH is 2. The van der Waals surface area contributed by atoms with Gasteiger partial charge in [0.05, 0.1) is 31.0 Å². The lowest BCUT2D eigenvalue weighted by Gasteiger charge is -2.50. The molecule has 1 heterocycles. The molecule has 16 atom stereocenters. The van der Waals surface area contributed by atoms with Crippen LogP contribution in [0.25, 0.3) is 0 Å². The van der Waals surface area contributed by atoms with Crippen molar-refractivity contribution in [3.8, 4) is 0 Å². The van der Waals surface area contributed by atoms with Crippen LogP contribution < -0.4 is 11.1 Å². The van der Waals surface area contributed by atoms with Crippen molar-refractivity contribution in [1.82, 2.24) is 0 Å². The second-order valence-corrected chi connectivity index (χ2v) is 17.6. The van der Waals surface area contributed by atoms with Gasteiger partial charge in [0.2, 0.25) is 0 Å². The van der Waals surface area contributed by atoms with Crippen molar-refractivity contribution in [2.75, 3.05) is 20.8 Å². The van der Waals surface area contributed by atoms with Gasteiger partial charge < -0.3 is 34.5 Å². The summed E-state index contributed by atoms with van der Waals surface area (Å²) in [6.45, 7) is 8.63. The van der Waals surface area contributed by atoms with Crippen molar-refractivity contribution < 1.29 is 44.1 Å². The Labute approximate surface area is 301 Å². The minimum absolute atomic E-state index is 0.0321. The molecule has 6 N–H and O–H groups in total. The molecule has 5 fully saturated rings. The maximum atomic E-state index is 12.7. The predicted molar refractivity (Wildman–Crippen MR) is 190 cm³/mol. The summed E-state index contributed by atoms with van der Waals surface area (Å²) in [5, 5.41) is 25.2. The summed E-state index contributed by atoms with van der Waals surface area (Å²) in [4.78, 5) is 25.3. The number of hydrogen-bond acceptors (Lipinski definition) is 9. The Kier molecular flexibility index (Phi) is 14.5. The van der Waals surface area contributed by atoms with Gasteiger partial charge in [-0.25, -0.2) is 0 Å². The number of carbonyl (C=O) groups is 2. The molecule has 1 aliphatic heterocycles. The first-order valence-electron chi connectivity index (χ1n) is 20.2. The average molecular weight is 708 g/mol. The van der Waals surface area contributed by atoms with Gasteiger partial charge in [-0.1, -0.05) is 13.8 Å². The van der Waals surface area contributed by atoms with Crippen LogP contribution in [0.2, 0.25) is 0 Å². The summed E-state index contributed by atoms with van der Waals surface area (Å²) in [5.41, 5.74) is 6.38. The number of esters is 2. The molecule has 0 aromatic carbocycles. The van der Waals surface area contributed by atoms with Crippen LogP contribution in [0.3, 0.4) is 0 Å². The molecule has 2 bridgehead atoms. The van der Waals surface area contributed by atoms with Gasteiger partial charge in [-0.05, 0) is 136 Å². The van der Waals surface area contributed by atoms with E-state index < -0.39 is 24.4 Å². The third kappa shape index (κ3) is 10.0. The highest BCUT2D eigenvalue weighted by atomic mass is 16.6. The molecule has 5 aliphatic rings. The van der Waals surface area contributed by atoms with Gasteiger partial charge >= 0.3 is 11.9 Å². The molecule has 0 aromatic rings. The smallest absolute Gasteiger partial charge is 0.302 e. The van der Waals surface area contributed by atoms with E-state index in [2.05, 4.69) is 19.2 Å². The number of hydrogen-bond donors (Lipinski definition) is 4. The van der Waals surface area contributed by atoms with Crippen LogP contribution >= 0.6 is 0 Å². The number of carbonyl (C=O) groups excluding carboxylic acids is 2. The first-order chi connectivity index (χ1) is 23.9. The Morgan fingerprint density at radius 1 is 0.780 bits per heavy atom. The van der Waals surface area contributed by atoms with Crippen LogP contribution in [0.4, 0.5) is 0 Å². The second-order valence-electron chi connectivity index (χ2n) is 17.6. The minimum Gasteiger partial charge on any atom is -0.462 e. The molecule has 7 unspecified atom stereocenters. The van der Waals surface area contributed by atoms with E-state index >= 15 is 0 Å². The maximum Gasteiger partial charge on any atom is 0.302 e. The first-order valence-corrected chi connectivity index (χ1v) is 20.2. The molecule has 50 heavy (non-hydrogen) atoms. The SMILES string of the molecule is COC1CC(CC[C@H](C[C@@H](OC(C)=O)[C@H]2C[C@@H]3C[C@H]4C(CC[C@H](OC)C[C@H]4[C@@H](O)C2)C[C@H]3C(C)C)OC(C)=O)C(C2CC[NH2+]C(N)C2)CC1O. The Bertz CT molecular complexity index is 1090. The molecular weight excluding hydrogens is 636 g/mol. The van der Waals surface area contributed by atoms with Crippen LogP contribution in [0.1, 0.15) is 118 Å². The monoisotopic (exact) mass is 708 g/mol. The predicted octanol–water partition coefficient (Wildman–Crippen LogP) is 4.18. The molecule has 0 amide bonds. The molecule has 4 saturated carbocycles. The third-order valence-electron chi connectivity index (χ3n) is 14.2. The highest BCUT2D eigenvalue weighted by Crippen LogP contribution is 2.54. The number of quaternary nitrogens is 1. The summed E-state index contributed by atoms with van der Waals surface area (Å²) in [6.07, 6.45) is 10.4. The molecule has 0 radical (unpaired) electrons. The van der Waals surface area contributed by atoms with Crippen LogP contribution in [0, 0.1) is 59.2 Å². The van der Waals surface area contributed by atoms with E-state index in [1.807, 2.05) is 0 Å². The van der Waals surface area contributed by atoms with Crippen molar-refractivity contribution in [3.63, 3.8) is 0 Å². The van der Waals surface area contributed by atoms with Crippen LogP contribution in [0.15, 0.2) is 0 Å². The van der Waals surface area contributed by atoms with Crippen molar-refractivity contribution in [3.05, 3.63) is 0 Å². The fraction of sp³-hybridized carbons (Fsp3) is 0.950. The van der Waals surface area contributed by atoms with Gasteiger partial charge in [0.25, 0.3) is 0 Å². The third-order valence-corrected chi connectivity index (χ3v) is 14.2. The van der Waals surface area contributed by atoms with E-state index in [0.29, 0.717) is 73.0 Å². The van der Waals surface area contributed by atoms with Crippen LogP contribution in [0.5, 0.6) is 0 Å². The lowest BCUT2D eigenvalue weighted by Crippen LogP contribution is -2.94. The van der Waals surface area contributed by atoms with E-state index in [4.69, 9.17) is 24.7 Å². The fourth-order valence-corrected chi connectivity index (χ4v) is 11.9. The van der Waals surface area contributed by atoms with Gasteiger partial charge in [-0.15, -0.1) is 0 Å². The van der Waals surface area contributed by atoms with Crippen LogP contribution in [-0.4, -0.2) is 85.7 Å². The number of nitrogens with two attached hydrogens (primary N) is 2. The number of ether oxygens (including phenoxy) is 4. The van der Waals surface area contributed by atoms with Gasteiger partial charge in [0.1, 0.15) is 18.4 Å². The normalized spacial score (nSPS) is 42.0. The Morgan fingerprint density at radius 2 is 1.52 bits per heavy atom. The van der Waals surface area contributed by atoms with Gasteiger partial charge in [0.15, 0.2) is 0 Å². The van der Waals surface area contributed by atoms with Gasteiger partial charge in [-0.3, -0.25) is 15.3 Å². The summed E-state index contributed by atoms with van der Waals surface area (Å²) in [6, 6.07) is 0. The van der Waals surface area contributed by atoms with Gasteiger partial charge in [-0.2, -0.15) is 0 Å². The van der Waals surface area contributed by atoms with Crippen molar-refractivity contribution in [2.24, 2.45) is 64.9 Å².